The number of anilines is 1. The Kier molecular flexibility index (Phi) is 7.22. The third kappa shape index (κ3) is 5.49. The van der Waals surface area contributed by atoms with Crippen molar-refractivity contribution in [1.29, 1.82) is 0 Å². The third-order valence-electron chi connectivity index (χ3n) is 5.28. The van der Waals surface area contributed by atoms with E-state index in [-0.39, 0.29) is 30.7 Å². The molecule has 2 aromatic rings. The quantitative estimate of drug-likeness (QED) is 0.724. The summed E-state index contributed by atoms with van der Waals surface area (Å²) in [6.45, 7) is 1.53. The van der Waals surface area contributed by atoms with E-state index in [9.17, 15) is 27.6 Å². The predicted molar refractivity (Wildman–Crippen MR) is 110 cm³/mol. The lowest BCUT2D eigenvalue weighted by atomic mass is 10.0. The summed E-state index contributed by atoms with van der Waals surface area (Å²) >= 11 is 0. The predicted octanol–water partition coefficient (Wildman–Crippen LogP) is 3.82. The summed E-state index contributed by atoms with van der Waals surface area (Å²) in [6.07, 6.45) is -1.52. The molecule has 3 amide bonds. The van der Waals surface area contributed by atoms with Crippen LogP contribution in [0.5, 0.6) is 0 Å². The van der Waals surface area contributed by atoms with Gasteiger partial charge in [-0.1, -0.05) is 12.1 Å². The number of carbonyl (C=O) groups excluding carboxylic acids is 3. The molecule has 0 aliphatic carbocycles. The number of amides is 3. The molecule has 1 aromatic heterocycles. The van der Waals surface area contributed by atoms with Gasteiger partial charge >= 0.3 is 12.1 Å². The summed E-state index contributed by atoms with van der Waals surface area (Å²) in [6, 6.07) is 8.73. The third-order valence-corrected chi connectivity index (χ3v) is 5.28. The number of hydrogen-bond acceptors (Lipinski definition) is 4. The molecule has 3 rings (SSSR count). The summed E-state index contributed by atoms with van der Waals surface area (Å²) in [5, 5.41) is 2.74. The Morgan fingerprint density at radius 3 is 2.62 bits per heavy atom. The number of rotatable bonds is 6. The molecule has 172 valence electrons. The molecule has 1 aliphatic rings. The first-order valence-electron chi connectivity index (χ1n) is 10.3. The van der Waals surface area contributed by atoms with Gasteiger partial charge in [-0.2, -0.15) is 13.2 Å². The number of furan rings is 1. The van der Waals surface area contributed by atoms with Crippen molar-refractivity contribution in [2.45, 2.75) is 44.9 Å². The normalized spacial score (nSPS) is 16.5. The van der Waals surface area contributed by atoms with Crippen LogP contribution in [0.3, 0.4) is 0 Å². The molecule has 7 nitrogen and oxygen atoms in total. The summed E-state index contributed by atoms with van der Waals surface area (Å²) in [5.41, 5.74) is 0.813. The van der Waals surface area contributed by atoms with Crippen LogP contribution in [0.4, 0.5) is 18.9 Å². The van der Waals surface area contributed by atoms with Crippen LogP contribution < -0.4 is 5.32 Å². The van der Waals surface area contributed by atoms with Gasteiger partial charge in [-0.3, -0.25) is 14.4 Å². The molecule has 1 fully saturated rings. The van der Waals surface area contributed by atoms with Gasteiger partial charge < -0.3 is 19.5 Å². The van der Waals surface area contributed by atoms with Gasteiger partial charge in [0.15, 0.2) is 5.76 Å². The molecule has 1 unspecified atom stereocenters. The van der Waals surface area contributed by atoms with Crippen LogP contribution in [-0.2, 0) is 16.1 Å². The van der Waals surface area contributed by atoms with Crippen molar-refractivity contribution in [2.24, 2.45) is 0 Å². The lowest BCUT2D eigenvalue weighted by Gasteiger charge is -2.34. The number of benzene rings is 1. The molecular weight excluding hydrogens is 427 g/mol. The van der Waals surface area contributed by atoms with Crippen LogP contribution in [0, 0.1) is 0 Å². The van der Waals surface area contributed by atoms with E-state index in [0.717, 1.165) is 12.8 Å². The Balaban J connectivity index is 1.70. The second kappa shape index (κ2) is 9.88. The van der Waals surface area contributed by atoms with Crippen LogP contribution in [-0.4, -0.2) is 52.8 Å². The smallest absolute Gasteiger partial charge is 0.459 e. The first-order valence-corrected chi connectivity index (χ1v) is 10.3. The minimum absolute atomic E-state index is 0.110. The van der Waals surface area contributed by atoms with Crippen LogP contribution >= 0.6 is 0 Å². The van der Waals surface area contributed by atoms with Gasteiger partial charge in [-0.15, -0.1) is 0 Å². The van der Waals surface area contributed by atoms with Gasteiger partial charge in [0, 0.05) is 25.3 Å². The van der Waals surface area contributed by atoms with Crippen molar-refractivity contribution in [1.82, 2.24) is 9.80 Å². The van der Waals surface area contributed by atoms with Gasteiger partial charge in [-0.05, 0) is 56.0 Å². The van der Waals surface area contributed by atoms with Crippen molar-refractivity contribution in [3.05, 3.63) is 54.0 Å². The van der Waals surface area contributed by atoms with Crippen molar-refractivity contribution in [3.63, 3.8) is 0 Å². The van der Waals surface area contributed by atoms with Gasteiger partial charge in [0.25, 0.3) is 5.91 Å². The highest BCUT2D eigenvalue weighted by molar-refractivity contribution is 6.00. The van der Waals surface area contributed by atoms with E-state index in [1.807, 2.05) is 0 Å². The summed E-state index contributed by atoms with van der Waals surface area (Å²) < 4.78 is 43.5. The molecule has 0 spiro atoms. The highest BCUT2D eigenvalue weighted by Gasteiger charge is 2.42. The Morgan fingerprint density at radius 2 is 1.97 bits per heavy atom. The number of piperidine rings is 1. The van der Waals surface area contributed by atoms with E-state index in [2.05, 4.69) is 5.32 Å². The van der Waals surface area contributed by atoms with Crippen LogP contribution in [0.15, 0.2) is 47.1 Å². The van der Waals surface area contributed by atoms with Crippen molar-refractivity contribution in [3.8, 4) is 0 Å². The molecule has 1 aromatic carbocycles. The number of alkyl halides is 3. The Morgan fingerprint density at radius 1 is 1.19 bits per heavy atom. The SMILES string of the molecule is CCN(Cc1cccc(NC(=O)C2CCCCN2C(=O)c2ccco2)c1)C(=O)C(F)(F)F. The minimum atomic E-state index is -4.95. The molecule has 0 saturated carbocycles. The van der Waals surface area contributed by atoms with E-state index in [4.69, 9.17) is 4.42 Å². The molecule has 1 saturated heterocycles. The molecule has 32 heavy (non-hydrogen) atoms. The van der Waals surface area contributed by atoms with Crippen LogP contribution in [0.25, 0.3) is 0 Å². The fraction of sp³-hybridized carbons (Fsp3) is 0.409. The second-order valence-corrected chi connectivity index (χ2v) is 7.49. The van der Waals surface area contributed by atoms with E-state index < -0.39 is 18.1 Å². The summed E-state index contributed by atoms with van der Waals surface area (Å²) in [5.74, 6) is -2.52. The number of likely N-dealkylation sites (tertiary alicyclic amines) is 1. The summed E-state index contributed by atoms with van der Waals surface area (Å²) in [4.78, 5) is 39.4. The number of carbonyl (C=O) groups is 3. The van der Waals surface area contributed by atoms with Gasteiger partial charge in [0.2, 0.25) is 5.91 Å². The standard InChI is InChI=1S/C22H24F3N3O4/c1-2-27(21(31)22(23,24)25)14-15-7-5-8-16(13-15)26-19(29)17-9-3-4-11-28(17)20(30)18-10-6-12-32-18/h5-8,10,12-13,17H,2-4,9,11,14H2,1H3,(H,26,29). The number of nitrogens with zero attached hydrogens (tertiary/aromatic N) is 2. The molecule has 0 radical (unpaired) electrons. The van der Waals surface area contributed by atoms with E-state index in [1.165, 1.54) is 30.2 Å². The van der Waals surface area contributed by atoms with Gasteiger partial charge in [0.05, 0.1) is 6.26 Å². The van der Waals surface area contributed by atoms with Crippen LogP contribution in [0.1, 0.15) is 42.3 Å². The fourth-order valence-corrected chi connectivity index (χ4v) is 3.69. The second-order valence-electron chi connectivity index (χ2n) is 7.49. The topological polar surface area (TPSA) is 82.9 Å². The maximum absolute atomic E-state index is 12.9. The Hall–Kier alpha value is -3.30. The van der Waals surface area contributed by atoms with E-state index in [0.29, 0.717) is 29.1 Å². The fourth-order valence-electron chi connectivity index (χ4n) is 3.69. The average Bonchev–Trinajstić information content (AvgIpc) is 3.31. The molecule has 1 N–H and O–H groups in total. The van der Waals surface area contributed by atoms with Gasteiger partial charge in [0.1, 0.15) is 6.04 Å². The highest BCUT2D eigenvalue weighted by atomic mass is 19.4. The van der Waals surface area contributed by atoms with Crippen molar-refractivity contribution < 1.29 is 32.0 Å². The molecule has 1 aliphatic heterocycles. The number of hydrogen-bond donors (Lipinski definition) is 1. The molecular formula is C22H24F3N3O4. The lowest BCUT2D eigenvalue weighted by Crippen LogP contribution is -2.49. The first kappa shape index (κ1) is 23.4. The van der Waals surface area contributed by atoms with Gasteiger partial charge in [-0.25, -0.2) is 0 Å². The average molecular weight is 451 g/mol. The maximum Gasteiger partial charge on any atom is 0.471 e. The highest BCUT2D eigenvalue weighted by Crippen LogP contribution is 2.23. The largest absolute Gasteiger partial charge is 0.471 e. The zero-order valence-electron chi connectivity index (χ0n) is 17.5. The lowest BCUT2D eigenvalue weighted by molar-refractivity contribution is -0.185. The van der Waals surface area contributed by atoms with Crippen molar-refractivity contribution in [2.75, 3.05) is 18.4 Å². The van der Waals surface area contributed by atoms with Crippen molar-refractivity contribution >= 4 is 23.4 Å². The number of halogens is 3. The number of nitrogens with one attached hydrogen (secondary N) is 1. The first-order chi connectivity index (χ1) is 15.2. The van der Waals surface area contributed by atoms with E-state index >= 15 is 0 Å². The van der Waals surface area contributed by atoms with Crippen LogP contribution in [0.2, 0.25) is 0 Å². The maximum atomic E-state index is 12.9. The molecule has 1 atom stereocenters. The molecule has 0 bridgehead atoms. The zero-order valence-corrected chi connectivity index (χ0v) is 17.5. The minimum Gasteiger partial charge on any atom is -0.459 e. The van der Waals surface area contributed by atoms with E-state index in [1.54, 1.807) is 24.3 Å². The Bertz CT molecular complexity index is 960. The molecule has 10 heteroatoms. The zero-order chi connectivity index (χ0) is 23.3. The monoisotopic (exact) mass is 451 g/mol. The summed E-state index contributed by atoms with van der Waals surface area (Å²) in [7, 11) is 0. The Labute approximate surface area is 183 Å². The molecule has 2 heterocycles.